The van der Waals surface area contributed by atoms with Crippen molar-refractivity contribution in [2.24, 2.45) is 0 Å². The first-order valence-corrected chi connectivity index (χ1v) is 6.55. The van der Waals surface area contributed by atoms with Gasteiger partial charge in [-0.05, 0) is 17.5 Å². The Kier molecular flexibility index (Phi) is 3.97. The van der Waals surface area contributed by atoms with Crippen LogP contribution in [0.1, 0.15) is 4.88 Å². The summed E-state index contributed by atoms with van der Waals surface area (Å²) < 4.78 is 11.7. The van der Waals surface area contributed by atoms with Crippen molar-refractivity contribution in [1.82, 2.24) is 5.06 Å². The molecule has 0 amide bonds. The summed E-state index contributed by atoms with van der Waals surface area (Å²) in [6.07, 6.45) is 0. The molecule has 0 saturated heterocycles. The van der Waals surface area contributed by atoms with Gasteiger partial charge in [0.25, 0.3) is 0 Å². The summed E-state index contributed by atoms with van der Waals surface area (Å²) in [4.78, 5) is 6.19. The number of hydroxylamine groups is 2. The van der Waals surface area contributed by atoms with Gasteiger partial charge >= 0.3 is 0 Å². The minimum atomic E-state index is 0.727. The first-order valence-electron chi connectivity index (χ1n) is 5.73. The van der Waals surface area contributed by atoms with Crippen LogP contribution < -0.4 is 9.47 Å². The van der Waals surface area contributed by atoms with E-state index >= 15 is 0 Å². The number of nitrogens with zero attached hydrogens (tertiary/aromatic N) is 1. The summed E-state index contributed by atoms with van der Waals surface area (Å²) in [5.41, 5.74) is 0.821. The molecule has 19 heavy (non-hydrogen) atoms. The maximum Gasteiger partial charge on any atom is 0.162 e. The normalized spacial score (nSPS) is 10.5. The van der Waals surface area contributed by atoms with Crippen LogP contribution in [0.5, 0.6) is 11.5 Å². The largest absolute Gasteiger partial charge is 0.493 e. The summed E-state index contributed by atoms with van der Waals surface area (Å²) in [6, 6.07) is 6.01. The quantitative estimate of drug-likeness (QED) is 0.785. The van der Waals surface area contributed by atoms with E-state index < -0.39 is 0 Å². The van der Waals surface area contributed by atoms with Gasteiger partial charge in [-0.1, -0.05) is 6.58 Å². The van der Waals surface area contributed by atoms with E-state index in [2.05, 4.69) is 12.6 Å². The molecule has 102 valence electrons. The van der Waals surface area contributed by atoms with E-state index in [1.807, 2.05) is 19.2 Å². The second-order valence-corrected chi connectivity index (χ2v) is 5.07. The Bertz CT molecular complexity index is 565. The highest BCUT2D eigenvalue weighted by Gasteiger charge is 2.12. The smallest absolute Gasteiger partial charge is 0.162 e. The number of ether oxygens (including phenoxy) is 2. The number of methoxy groups -OCH3 is 2. The Hall–Kier alpha value is -1.72. The van der Waals surface area contributed by atoms with E-state index in [-0.39, 0.29) is 0 Å². The number of fused-ring (bicyclic) bond motifs is 1. The topological polar surface area (TPSA) is 30.9 Å². The van der Waals surface area contributed by atoms with E-state index in [0.717, 1.165) is 32.2 Å². The van der Waals surface area contributed by atoms with Crippen molar-refractivity contribution in [2.45, 2.75) is 0 Å². The molecule has 0 saturated carbocycles. The molecule has 0 aliphatic rings. The molecule has 1 aromatic heterocycles. The first kappa shape index (κ1) is 13.7. The Balaban J connectivity index is 2.48. The van der Waals surface area contributed by atoms with Crippen LogP contribution in [0.25, 0.3) is 15.8 Å². The minimum absolute atomic E-state index is 0.727. The van der Waals surface area contributed by atoms with E-state index in [0.29, 0.717) is 0 Å². The average Bonchev–Trinajstić information content (AvgIpc) is 2.86. The van der Waals surface area contributed by atoms with Crippen molar-refractivity contribution >= 4 is 27.1 Å². The molecule has 0 aliphatic heterocycles. The van der Waals surface area contributed by atoms with Crippen molar-refractivity contribution in [3.8, 4) is 11.5 Å². The summed E-state index contributed by atoms with van der Waals surface area (Å²) in [5, 5.41) is 2.74. The van der Waals surface area contributed by atoms with Crippen LogP contribution in [0.4, 0.5) is 0 Å². The Morgan fingerprint density at radius 1 is 1.11 bits per heavy atom. The van der Waals surface area contributed by atoms with Crippen LogP contribution in [0.3, 0.4) is 0 Å². The van der Waals surface area contributed by atoms with Gasteiger partial charge in [0.15, 0.2) is 11.5 Å². The molecule has 5 heteroatoms. The molecular formula is C14H17NO3S. The lowest BCUT2D eigenvalue weighted by molar-refractivity contribution is -0.0521. The number of rotatable bonds is 5. The highest BCUT2D eigenvalue weighted by Crippen LogP contribution is 2.38. The third kappa shape index (κ3) is 2.52. The third-order valence-electron chi connectivity index (χ3n) is 2.96. The van der Waals surface area contributed by atoms with Crippen LogP contribution >= 0.6 is 11.3 Å². The second kappa shape index (κ2) is 5.50. The van der Waals surface area contributed by atoms with Gasteiger partial charge in [-0.3, -0.25) is 9.90 Å². The Morgan fingerprint density at radius 3 is 2.32 bits per heavy atom. The minimum Gasteiger partial charge on any atom is -0.493 e. The summed E-state index contributed by atoms with van der Waals surface area (Å²) >= 11 is 1.64. The van der Waals surface area contributed by atoms with Gasteiger partial charge in [0.05, 0.1) is 31.9 Å². The standard InChI is InChI=1S/C14H17NO3S/c1-9(15(2)18-5)13-7-10-6-11(16-3)12(17-4)8-14(10)19-13/h6-8H,1H2,2-5H3. The molecule has 2 aromatic rings. The fourth-order valence-corrected chi connectivity index (χ4v) is 2.84. The van der Waals surface area contributed by atoms with Gasteiger partial charge in [0.1, 0.15) is 0 Å². The highest BCUT2D eigenvalue weighted by molar-refractivity contribution is 7.20. The van der Waals surface area contributed by atoms with Crippen LogP contribution in [0.15, 0.2) is 24.8 Å². The van der Waals surface area contributed by atoms with Crippen LogP contribution in [0.2, 0.25) is 0 Å². The fourth-order valence-electron chi connectivity index (χ4n) is 1.77. The van der Waals surface area contributed by atoms with Gasteiger partial charge in [0, 0.05) is 17.8 Å². The zero-order valence-electron chi connectivity index (χ0n) is 11.5. The van der Waals surface area contributed by atoms with Crippen molar-refractivity contribution in [3.05, 3.63) is 29.7 Å². The Labute approximate surface area is 116 Å². The maximum absolute atomic E-state index is 5.31. The molecule has 1 aromatic carbocycles. The maximum atomic E-state index is 5.31. The molecule has 0 fully saturated rings. The van der Waals surface area contributed by atoms with E-state index in [1.165, 1.54) is 0 Å². The lowest BCUT2D eigenvalue weighted by atomic mass is 10.2. The van der Waals surface area contributed by atoms with Crippen molar-refractivity contribution in [2.75, 3.05) is 28.4 Å². The molecule has 1 heterocycles. The zero-order valence-corrected chi connectivity index (χ0v) is 12.3. The van der Waals surface area contributed by atoms with E-state index in [9.17, 15) is 0 Å². The van der Waals surface area contributed by atoms with Crippen LogP contribution in [0, 0.1) is 0 Å². The monoisotopic (exact) mass is 279 g/mol. The molecule has 0 unspecified atom stereocenters. The molecule has 4 nitrogen and oxygen atoms in total. The lowest BCUT2D eigenvalue weighted by Gasteiger charge is -2.16. The molecule has 0 radical (unpaired) electrons. The lowest BCUT2D eigenvalue weighted by Crippen LogP contribution is -2.12. The molecular weight excluding hydrogens is 262 g/mol. The molecule has 0 atom stereocenters. The second-order valence-electron chi connectivity index (χ2n) is 3.98. The van der Waals surface area contributed by atoms with Gasteiger partial charge < -0.3 is 9.47 Å². The van der Waals surface area contributed by atoms with E-state index in [1.54, 1.807) is 37.7 Å². The van der Waals surface area contributed by atoms with Gasteiger partial charge in [-0.15, -0.1) is 11.3 Å². The molecule has 0 spiro atoms. The summed E-state index contributed by atoms with van der Waals surface area (Å²) in [7, 11) is 6.71. The molecule has 0 aliphatic carbocycles. The third-order valence-corrected chi connectivity index (χ3v) is 4.11. The summed E-state index contributed by atoms with van der Waals surface area (Å²) in [6.45, 7) is 4.02. The van der Waals surface area contributed by atoms with Crippen molar-refractivity contribution in [3.63, 3.8) is 0 Å². The predicted molar refractivity (Wildman–Crippen MR) is 78.7 cm³/mol. The number of benzene rings is 1. The number of thiophene rings is 1. The highest BCUT2D eigenvalue weighted by atomic mass is 32.1. The van der Waals surface area contributed by atoms with Gasteiger partial charge in [-0.25, -0.2) is 0 Å². The molecule has 2 rings (SSSR count). The van der Waals surface area contributed by atoms with E-state index in [4.69, 9.17) is 14.3 Å². The van der Waals surface area contributed by atoms with Gasteiger partial charge in [-0.2, -0.15) is 0 Å². The summed E-state index contributed by atoms with van der Waals surface area (Å²) in [5.74, 6) is 1.46. The first-order chi connectivity index (χ1) is 9.10. The number of hydrogen-bond donors (Lipinski definition) is 0. The fraction of sp³-hybridized carbons (Fsp3) is 0.286. The SMILES string of the molecule is C=C(c1cc2cc(OC)c(OC)cc2s1)N(C)OC. The predicted octanol–water partition coefficient (Wildman–Crippen LogP) is 3.38. The molecule has 0 N–H and O–H groups in total. The van der Waals surface area contributed by atoms with Crippen molar-refractivity contribution in [1.29, 1.82) is 0 Å². The zero-order chi connectivity index (χ0) is 14.0. The van der Waals surface area contributed by atoms with Gasteiger partial charge in [0.2, 0.25) is 0 Å². The van der Waals surface area contributed by atoms with Crippen LogP contribution in [-0.2, 0) is 4.84 Å². The average molecular weight is 279 g/mol. The Morgan fingerprint density at radius 2 is 1.74 bits per heavy atom. The van der Waals surface area contributed by atoms with Crippen LogP contribution in [-0.4, -0.2) is 33.4 Å². The molecule has 0 bridgehead atoms. The number of hydrogen-bond acceptors (Lipinski definition) is 5. The van der Waals surface area contributed by atoms with Crippen molar-refractivity contribution < 1.29 is 14.3 Å².